The summed E-state index contributed by atoms with van der Waals surface area (Å²) in [4.78, 5) is 26.0. The Morgan fingerprint density at radius 1 is 0.970 bits per heavy atom. The van der Waals surface area contributed by atoms with Crippen LogP contribution in [0, 0.1) is 27.7 Å². The number of ether oxygens (including phenoxy) is 1. The number of hydrogen-bond donors (Lipinski definition) is 1. The van der Waals surface area contributed by atoms with Gasteiger partial charge in [0.15, 0.2) is 12.4 Å². The number of carbonyl (C=O) groups excluding carboxylic acids is 1. The molecule has 1 heterocycles. The Bertz CT molecular complexity index is 1420. The number of amides is 1. The van der Waals surface area contributed by atoms with Crippen LogP contribution in [0.25, 0.3) is 22.3 Å². The molecule has 1 amide bonds. The standard InChI is InChI=1S/C27H24ClNO4/c1-15-9-16(2)11-19(10-15)29-24(30)14-32-27-25(31)21-12-17(3)18(4)13-23(21)33-26(27)20-7-5-6-8-22(20)28/h5-13H,14H2,1-4H3,(H,29,30). The van der Waals surface area contributed by atoms with Gasteiger partial charge in [-0.3, -0.25) is 9.59 Å². The van der Waals surface area contributed by atoms with Gasteiger partial charge in [0, 0.05) is 11.3 Å². The first-order valence-corrected chi connectivity index (χ1v) is 10.9. The molecule has 0 saturated heterocycles. The minimum atomic E-state index is -0.385. The van der Waals surface area contributed by atoms with Crippen molar-refractivity contribution in [3.63, 3.8) is 0 Å². The molecule has 4 rings (SSSR count). The van der Waals surface area contributed by atoms with Crippen LogP contribution in [0.2, 0.25) is 5.02 Å². The number of rotatable bonds is 5. The van der Waals surface area contributed by atoms with Crippen LogP contribution in [0.5, 0.6) is 5.75 Å². The predicted molar refractivity (Wildman–Crippen MR) is 132 cm³/mol. The third-order valence-electron chi connectivity index (χ3n) is 5.44. The van der Waals surface area contributed by atoms with Crippen LogP contribution in [0.3, 0.4) is 0 Å². The van der Waals surface area contributed by atoms with Crippen molar-refractivity contribution in [1.29, 1.82) is 0 Å². The largest absolute Gasteiger partial charge is 0.476 e. The molecule has 0 unspecified atom stereocenters. The second kappa shape index (κ2) is 9.12. The van der Waals surface area contributed by atoms with Gasteiger partial charge in [-0.1, -0.05) is 29.8 Å². The van der Waals surface area contributed by atoms with E-state index in [0.29, 0.717) is 27.2 Å². The van der Waals surface area contributed by atoms with Gasteiger partial charge in [0.25, 0.3) is 5.91 Å². The number of halogens is 1. The van der Waals surface area contributed by atoms with Gasteiger partial charge in [0.1, 0.15) is 5.58 Å². The Hall–Kier alpha value is -3.57. The predicted octanol–water partition coefficient (Wildman–Crippen LogP) is 6.36. The molecule has 0 radical (unpaired) electrons. The summed E-state index contributed by atoms with van der Waals surface area (Å²) in [6.45, 7) is 7.43. The van der Waals surface area contributed by atoms with Crippen molar-refractivity contribution in [2.75, 3.05) is 11.9 Å². The molecule has 168 valence electrons. The van der Waals surface area contributed by atoms with E-state index in [1.807, 2.05) is 52.0 Å². The zero-order valence-corrected chi connectivity index (χ0v) is 19.7. The molecule has 0 aliphatic carbocycles. The molecule has 1 aromatic heterocycles. The normalized spacial score (nSPS) is 10.9. The number of carbonyl (C=O) groups is 1. The van der Waals surface area contributed by atoms with Gasteiger partial charge < -0.3 is 14.5 Å². The highest BCUT2D eigenvalue weighted by Crippen LogP contribution is 2.35. The van der Waals surface area contributed by atoms with E-state index in [-0.39, 0.29) is 29.5 Å². The Kier molecular flexibility index (Phi) is 6.25. The van der Waals surface area contributed by atoms with E-state index in [0.717, 1.165) is 22.3 Å². The summed E-state index contributed by atoms with van der Waals surface area (Å²) in [6, 6.07) is 16.4. The summed E-state index contributed by atoms with van der Waals surface area (Å²) in [6.07, 6.45) is 0. The number of fused-ring (bicyclic) bond motifs is 1. The maximum atomic E-state index is 13.4. The monoisotopic (exact) mass is 461 g/mol. The van der Waals surface area contributed by atoms with E-state index in [2.05, 4.69) is 5.32 Å². The lowest BCUT2D eigenvalue weighted by molar-refractivity contribution is -0.118. The first kappa shape index (κ1) is 22.6. The SMILES string of the molecule is Cc1cc(C)cc(NC(=O)COc2c(-c3ccccc3Cl)oc3cc(C)c(C)cc3c2=O)c1. The average Bonchev–Trinajstić information content (AvgIpc) is 2.74. The molecule has 0 aliphatic heterocycles. The van der Waals surface area contributed by atoms with Crippen molar-refractivity contribution in [2.24, 2.45) is 0 Å². The Morgan fingerprint density at radius 3 is 2.33 bits per heavy atom. The summed E-state index contributed by atoms with van der Waals surface area (Å²) in [5, 5.41) is 3.61. The van der Waals surface area contributed by atoms with Gasteiger partial charge in [-0.2, -0.15) is 0 Å². The molecule has 6 heteroatoms. The van der Waals surface area contributed by atoms with Crippen LogP contribution in [0.4, 0.5) is 5.69 Å². The van der Waals surface area contributed by atoms with Crippen molar-refractivity contribution >= 4 is 34.2 Å². The molecule has 5 nitrogen and oxygen atoms in total. The van der Waals surface area contributed by atoms with Crippen molar-refractivity contribution < 1.29 is 13.9 Å². The quantitative estimate of drug-likeness (QED) is 0.375. The molecule has 0 saturated carbocycles. The van der Waals surface area contributed by atoms with Crippen LogP contribution < -0.4 is 15.5 Å². The molecule has 0 atom stereocenters. The Balaban J connectivity index is 1.73. The minimum absolute atomic E-state index is 0.0468. The topological polar surface area (TPSA) is 68.5 Å². The van der Waals surface area contributed by atoms with Crippen molar-refractivity contribution in [3.8, 4) is 17.1 Å². The molecule has 0 fully saturated rings. The van der Waals surface area contributed by atoms with E-state index in [1.54, 1.807) is 30.3 Å². The smallest absolute Gasteiger partial charge is 0.262 e. The average molecular weight is 462 g/mol. The number of anilines is 1. The molecule has 0 bridgehead atoms. The van der Waals surface area contributed by atoms with E-state index in [1.165, 1.54) is 0 Å². The highest BCUT2D eigenvalue weighted by Gasteiger charge is 2.21. The van der Waals surface area contributed by atoms with E-state index in [4.69, 9.17) is 20.8 Å². The fraction of sp³-hybridized carbons (Fsp3) is 0.185. The lowest BCUT2D eigenvalue weighted by atomic mass is 10.0. The third-order valence-corrected chi connectivity index (χ3v) is 5.77. The summed E-state index contributed by atoms with van der Waals surface area (Å²) in [5.74, 6) is -0.236. The maximum absolute atomic E-state index is 13.4. The number of hydrogen-bond acceptors (Lipinski definition) is 4. The number of nitrogens with one attached hydrogen (secondary N) is 1. The van der Waals surface area contributed by atoms with Gasteiger partial charge in [-0.15, -0.1) is 0 Å². The van der Waals surface area contributed by atoms with Crippen LogP contribution in [0.1, 0.15) is 22.3 Å². The first-order chi connectivity index (χ1) is 15.7. The van der Waals surface area contributed by atoms with Gasteiger partial charge >= 0.3 is 0 Å². The summed E-state index contributed by atoms with van der Waals surface area (Å²) in [7, 11) is 0. The summed E-state index contributed by atoms with van der Waals surface area (Å²) >= 11 is 6.39. The second-order valence-electron chi connectivity index (χ2n) is 8.22. The zero-order valence-electron chi connectivity index (χ0n) is 18.9. The fourth-order valence-electron chi connectivity index (χ4n) is 3.77. The van der Waals surface area contributed by atoms with E-state index >= 15 is 0 Å². The van der Waals surface area contributed by atoms with Crippen LogP contribution in [-0.4, -0.2) is 12.5 Å². The van der Waals surface area contributed by atoms with Crippen LogP contribution in [0.15, 0.2) is 63.8 Å². The third kappa shape index (κ3) is 4.78. The van der Waals surface area contributed by atoms with Gasteiger partial charge in [-0.05, 0) is 86.3 Å². The Labute approximate surface area is 197 Å². The van der Waals surface area contributed by atoms with Crippen LogP contribution in [-0.2, 0) is 4.79 Å². The van der Waals surface area contributed by atoms with Crippen molar-refractivity contribution in [2.45, 2.75) is 27.7 Å². The maximum Gasteiger partial charge on any atom is 0.262 e. The number of aryl methyl sites for hydroxylation is 4. The molecule has 4 aromatic rings. The lowest BCUT2D eigenvalue weighted by Crippen LogP contribution is -2.22. The fourth-order valence-corrected chi connectivity index (χ4v) is 3.99. The molecule has 1 N–H and O–H groups in total. The van der Waals surface area contributed by atoms with E-state index < -0.39 is 0 Å². The second-order valence-corrected chi connectivity index (χ2v) is 8.62. The zero-order chi connectivity index (χ0) is 23.7. The molecule has 33 heavy (non-hydrogen) atoms. The Morgan fingerprint density at radius 2 is 1.64 bits per heavy atom. The lowest BCUT2D eigenvalue weighted by Gasteiger charge is -2.14. The molecule has 3 aromatic carbocycles. The first-order valence-electron chi connectivity index (χ1n) is 10.6. The minimum Gasteiger partial charge on any atom is -0.476 e. The summed E-state index contributed by atoms with van der Waals surface area (Å²) < 4.78 is 11.9. The highest BCUT2D eigenvalue weighted by atomic mass is 35.5. The molecule has 0 aliphatic rings. The highest BCUT2D eigenvalue weighted by molar-refractivity contribution is 6.33. The molecular formula is C27H24ClNO4. The number of benzene rings is 3. The van der Waals surface area contributed by atoms with E-state index in [9.17, 15) is 9.59 Å². The van der Waals surface area contributed by atoms with Gasteiger partial charge in [0.2, 0.25) is 11.2 Å². The van der Waals surface area contributed by atoms with Crippen molar-refractivity contribution in [1.82, 2.24) is 0 Å². The summed E-state index contributed by atoms with van der Waals surface area (Å²) in [5.41, 5.74) is 5.29. The van der Waals surface area contributed by atoms with Gasteiger partial charge in [0.05, 0.1) is 10.4 Å². The van der Waals surface area contributed by atoms with Gasteiger partial charge in [-0.25, -0.2) is 0 Å². The molecule has 0 spiro atoms. The van der Waals surface area contributed by atoms with Crippen LogP contribution >= 0.6 is 11.6 Å². The molecular weight excluding hydrogens is 438 g/mol. The van der Waals surface area contributed by atoms with Crippen molar-refractivity contribution in [3.05, 3.63) is 92.1 Å².